The zero-order valence-electron chi connectivity index (χ0n) is 13.5. The van der Waals surface area contributed by atoms with Gasteiger partial charge in [-0.1, -0.05) is 24.5 Å². The molecule has 5 nitrogen and oxygen atoms in total. The number of carbonyl (C=O) groups is 1. The van der Waals surface area contributed by atoms with Crippen LogP contribution < -0.4 is 0 Å². The van der Waals surface area contributed by atoms with Gasteiger partial charge in [0.1, 0.15) is 0 Å². The fourth-order valence-corrected chi connectivity index (χ4v) is 1.73. The monoisotopic (exact) mass is 301 g/mol. The number of benzene rings is 1. The topological polar surface area (TPSA) is 54.3 Å². The highest BCUT2D eigenvalue weighted by Gasteiger charge is 2.10. The Labute approximate surface area is 132 Å². The molecule has 0 spiro atoms. The van der Waals surface area contributed by atoms with Gasteiger partial charge < -0.3 is 4.74 Å². The van der Waals surface area contributed by atoms with Crippen molar-refractivity contribution in [3.8, 4) is 12.3 Å². The predicted molar refractivity (Wildman–Crippen MR) is 87.0 cm³/mol. The zero-order valence-corrected chi connectivity index (χ0v) is 13.5. The lowest BCUT2D eigenvalue weighted by atomic mass is 10.1. The molecular formula is C17H23N3O2. The smallest absolute Gasteiger partial charge is 0.338 e. The number of hydrogen-bond donors (Lipinski definition) is 0. The van der Waals surface area contributed by atoms with Crippen LogP contribution in [-0.4, -0.2) is 30.7 Å². The van der Waals surface area contributed by atoms with Gasteiger partial charge in [0, 0.05) is 18.7 Å². The molecule has 0 aliphatic carbocycles. The fourth-order valence-electron chi connectivity index (χ4n) is 1.73. The molecule has 118 valence electrons. The molecule has 0 bridgehead atoms. The normalized spacial score (nSPS) is 10.5. The molecule has 5 heteroatoms. The standard InChI is InChI=1S/C17H23N3O2/c1-5-9-10-22-17(21)15-11-14(6-2)12-16(13-15)18-19-20(7-3)8-4/h2,11-13H,5,7-10H2,1,3-4H3. The second-order valence-electron chi connectivity index (χ2n) is 4.73. The van der Waals surface area contributed by atoms with E-state index in [2.05, 4.69) is 16.3 Å². The van der Waals surface area contributed by atoms with E-state index in [4.69, 9.17) is 11.2 Å². The second kappa shape index (κ2) is 9.56. The maximum Gasteiger partial charge on any atom is 0.338 e. The predicted octanol–water partition coefficient (Wildman–Crippen LogP) is 3.97. The van der Waals surface area contributed by atoms with Gasteiger partial charge in [0.05, 0.1) is 17.9 Å². The van der Waals surface area contributed by atoms with E-state index in [1.54, 1.807) is 18.2 Å². The Hall–Kier alpha value is -2.35. The van der Waals surface area contributed by atoms with E-state index in [1.807, 2.05) is 25.8 Å². The van der Waals surface area contributed by atoms with Gasteiger partial charge in [0.2, 0.25) is 0 Å². The van der Waals surface area contributed by atoms with Gasteiger partial charge in [-0.05, 0) is 38.5 Å². The van der Waals surface area contributed by atoms with Gasteiger partial charge in [0.25, 0.3) is 0 Å². The van der Waals surface area contributed by atoms with Crippen LogP contribution in [0.25, 0.3) is 0 Å². The van der Waals surface area contributed by atoms with Crippen LogP contribution in [0.5, 0.6) is 0 Å². The van der Waals surface area contributed by atoms with Crippen molar-refractivity contribution < 1.29 is 9.53 Å². The number of ether oxygens (including phenoxy) is 1. The molecule has 0 saturated heterocycles. The number of esters is 1. The van der Waals surface area contributed by atoms with Crippen molar-refractivity contribution in [2.45, 2.75) is 33.6 Å². The van der Waals surface area contributed by atoms with Gasteiger partial charge in [-0.3, -0.25) is 5.01 Å². The van der Waals surface area contributed by atoms with Crippen molar-refractivity contribution in [3.63, 3.8) is 0 Å². The van der Waals surface area contributed by atoms with Crippen LogP contribution in [0.15, 0.2) is 28.5 Å². The first-order valence-corrected chi connectivity index (χ1v) is 7.60. The summed E-state index contributed by atoms with van der Waals surface area (Å²) < 4.78 is 5.20. The van der Waals surface area contributed by atoms with Crippen molar-refractivity contribution in [1.29, 1.82) is 0 Å². The summed E-state index contributed by atoms with van der Waals surface area (Å²) in [4.78, 5) is 12.0. The van der Waals surface area contributed by atoms with Crippen molar-refractivity contribution in [3.05, 3.63) is 29.3 Å². The summed E-state index contributed by atoms with van der Waals surface area (Å²) >= 11 is 0. The fraction of sp³-hybridized carbons (Fsp3) is 0.471. The van der Waals surface area contributed by atoms with E-state index in [1.165, 1.54) is 0 Å². The Kier molecular flexibility index (Phi) is 7.69. The highest BCUT2D eigenvalue weighted by molar-refractivity contribution is 5.91. The minimum atomic E-state index is -0.384. The van der Waals surface area contributed by atoms with Crippen molar-refractivity contribution in [2.75, 3.05) is 19.7 Å². The van der Waals surface area contributed by atoms with Gasteiger partial charge >= 0.3 is 5.97 Å². The molecule has 0 radical (unpaired) electrons. The van der Waals surface area contributed by atoms with Gasteiger partial charge in [0.15, 0.2) is 0 Å². The molecule has 0 saturated carbocycles. The molecule has 22 heavy (non-hydrogen) atoms. The van der Waals surface area contributed by atoms with Crippen molar-refractivity contribution >= 4 is 11.7 Å². The van der Waals surface area contributed by atoms with E-state index in [-0.39, 0.29) is 5.97 Å². The number of carbonyl (C=O) groups excluding carboxylic acids is 1. The summed E-state index contributed by atoms with van der Waals surface area (Å²) in [5.41, 5.74) is 1.53. The van der Waals surface area contributed by atoms with E-state index in [9.17, 15) is 4.79 Å². The lowest BCUT2D eigenvalue weighted by Gasteiger charge is -2.11. The highest BCUT2D eigenvalue weighted by Crippen LogP contribution is 2.19. The zero-order chi connectivity index (χ0) is 16.4. The Morgan fingerprint density at radius 2 is 2.00 bits per heavy atom. The Morgan fingerprint density at radius 1 is 1.27 bits per heavy atom. The Bertz CT molecular complexity index is 558. The summed E-state index contributed by atoms with van der Waals surface area (Å²) in [6.45, 7) is 7.97. The lowest BCUT2D eigenvalue weighted by molar-refractivity contribution is 0.0499. The van der Waals surface area contributed by atoms with Crippen LogP contribution in [0.1, 0.15) is 49.5 Å². The van der Waals surface area contributed by atoms with E-state index >= 15 is 0 Å². The van der Waals surface area contributed by atoms with Crippen LogP contribution in [-0.2, 0) is 4.74 Å². The molecule has 0 amide bonds. The van der Waals surface area contributed by atoms with Crippen LogP contribution >= 0.6 is 0 Å². The summed E-state index contributed by atoms with van der Waals surface area (Å²) in [6.07, 6.45) is 7.25. The van der Waals surface area contributed by atoms with Crippen LogP contribution in [0, 0.1) is 12.3 Å². The lowest BCUT2D eigenvalue weighted by Crippen LogP contribution is -2.14. The molecular weight excluding hydrogens is 278 g/mol. The minimum Gasteiger partial charge on any atom is -0.462 e. The first-order chi connectivity index (χ1) is 10.6. The maximum atomic E-state index is 12.0. The average Bonchev–Trinajstić information content (AvgIpc) is 2.55. The summed E-state index contributed by atoms with van der Waals surface area (Å²) in [6, 6.07) is 4.99. The Balaban J connectivity index is 2.93. The number of terminal acetylenes is 1. The number of unbranched alkanes of at least 4 members (excludes halogenated alkanes) is 1. The third-order valence-electron chi connectivity index (χ3n) is 3.07. The average molecular weight is 301 g/mol. The van der Waals surface area contributed by atoms with Gasteiger partial charge in [-0.15, -0.1) is 11.5 Å². The third-order valence-corrected chi connectivity index (χ3v) is 3.07. The molecule has 0 N–H and O–H groups in total. The quantitative estimate of drug-likeness (QED) is 0.240. The highest BCUT2D eigenvalue weighted by atomic mass is 16.5. The van der Waals surface area contributed by atoms with Gasteiger partial charge in [-0.25, -0.2) is 4.79 Å². The van der Waals surface area contributed by atoms with Crippen LogP contribution in [0.3, 0.4) is 0 Å². The molecule has 0 heterocycles. The number of rotatable bonds is 8. The summed E-state index contributed by atoms with van der Waals surface area (Å²) in [7, 11) is 0. The molecule has 0 aromatic heterocycles. The molecule has 0 fully saturated rings. The molecule has 0 aliphatic rings. The maximum absolute atomic E-state index is 12.0. The third kappa shape index (κ3) is 5.57. The molecule has 1 aromatic rings. The van der Waals surface area contributed by atoms with Crippen molar-refractivity contribution in [1.82, 2.24) is 5.01 Å². The summed E-state index contributed by atoms with van der Waals surface area (Å²) in [5, 5.41) is 10.1. The molecule has 0 aliphatic heterocycles. The molecule has 1 aromatic carbocycles. The van der Waals surface area contributed by atoms with E-state index in [0.717, 1.165) is 25.9 Å². The van der Waals surface area contributed by atoms with E-state index in [0.29, 0.717) is 23.4 Å². The van der Waals surface area contributed by atoms with Gasteiger partial charge in [-0.2, -0.15) is 0 Å². The first-order valence-electron chi connectivity index (χ1n) is 7.60. The molecule has 0 atom stereocenters. The SMILES string of the molecule is C#Cc1cc(N=NN(CC)CC)cc(C(=O)OCCCC)c1. The Morgan fingerprint density at radius 3 is 2.59 bits per heavy atom. The second-order valence-corrected chi connectivity index (χ2v) is 4.73. The minimum absolute atomic E-state index is 0.384. The van der Waals surface area contributed by atoms with Crippen LogP contribution in [0.2, 0.25) is 0 Å². The first kappa shape index (κ1) is 17.7. The molecule has 0 unspecified atom stereocenters. The van der Waals surface area contributed by atoms with Crippen molar-refractivity contribution in [2.24, 2.45) is 10.3 Å². The van der Waals surface area contributed by atoms with Crippen LogP contribution in [0.4, 0.5) is 5.69 Å². The molecule has 1 rings (SSSR count). The number of nitrogens with zero attached hydrogens (tertiary/aromatic N) is 3. The largest absolute Gasteiger partial charge is 0.462 e. The van der Waals surface area contributed by atoms with E-state index < -0.39 is 0 Å². The summed E-state index contributed by atoms with van der Waals surface area (Å²) in [5.74, 6) is 2.14. The number of hydrogen-bond acceptors (Lipinski definition) is 4.